The van der Waals surface area contributed by atoms with Gasteiger partial charge < -0.3 is 15.2 Å². The van der Waals surface area contributed by atoms with E-state index in [4.69, 9.17) is 15.2 Å². The summed E-state index contributed by atoms with van der Waals surface area (Å²) in [5, 5.41) is 0. The fourth-order valence-corrected chi connectivity index (χ4v) is 2.27. The SMILES string of the molecule is N[C@@H](CC1CCOCC1)C(=O)OCc1ccccc1. The topological polar surface area (TPSA) is 61.5 Å². The molecule has 0 aromatic heterocycles. The van der Waals surface area contributed by atoms with Gasteiger partial charge in [-0.3, -0.25) is 4.79 Å². The molecule has 1 aromatic carbocycles. The van der Waals surface area contributed by atoms with Crippen molar-refractivity contribution in [3.05, 3.63) is 35.9 Å². The zero-order chi connectivity index (χ0) is 13.5. The molecule has 1 aliphatic rings. The van der Waals surface area contributed by atoms with Crippen LogP contribution in [0.25, 0.3) is 0 Å². The molecule has 1 aliphatic heterocycles. The van der Waals surface area contributed by atoms with Crippen molar-refractivity contribution in [3.8, 4) is 0 Å². The van der Waals surface area contributed by atoms with Crippen LogP contribution >= 0.6 is 0 Å². The molecule has 1 aromatic rings. The molecule has 1 heterocycles. The molecule has 4 heteroatoms. The molecule has 0 amide bonds. The van der Waals surface area contributed by atoms with Gasteiger partial charge in [0.25, 0.3) is 0 Å². The maximum Gasteiger partial charge on any atom is 0.323 e. The lowest BCUT2D eigenvalue weighted by molar-refractivity contribution is -0.147. The van der Waals surface area contributed by atoms with Crippen LogP contribution in [0.5, 0.6) is 0 Å². The Kier molecular flexibility index (Phi) is 5.36. The molecule has 1 fully saturated rings. The van der Waals surface area contributed by atoms with E-state index in [2.05, 4.69) is 0 Å². The highest BCUT2D eigenvalue weighted by atomic mass is 16.5. The number of ether oxygens (including phenoxy) is 2. The Balaban J connectivity index is 1.72. The van der Waals surface area contributed by atoms with Crippen molar-refractivity contribution in [3.63, 3.8) is 0 Å². The van der Waals surface area contributed by atoms with Gasteiger partial charge in [-0.2, -0.15) is 0 Å². The Morgan fingerprint density at radius 2 is 2.00 bits per heavy atom. The van der Waals surface area contributed by atoms with E-state index >= 15 is 0 Å². The summed E-state index contributed by atoms with van der Waals surface area (Å²) in [7, 11) is 0. The normalized spacial score (nSPS) is 17.9. The zero-order valence-corrected chi connectivity index (χ0v) is 11.1. The predicted octanol–water partition coefficient (Wildman–Crippen LogP) is 1.87. The number of esters is 1. The lowest BCUT2D eigenvalue weighted by Crippen LogP contribution is -2.35. The molecule has 1 saturated heterocycles. The number of hydrogen-bond acceptors (Lipinski definition) is 4. The average molecular weight is 263 g/mol. The lowest BCUT2D eigenvalue weighted by atomic mass is 9.93. The molecule has 1 atom stereocenters. The van der Waals surface area contributed by atoms with E-state index in [1.807, 2.05) is 30.3 Å². The van der Waals surface area contributed by atoms with Crippen LogP contribution < -0.4 is 5.73 Å². The third-order valence-corrected chi connectivity index (χ3v) is 3.45. The fourth-order valence-electron chi connectivity index (χ4n) is 2.27. The first-order valence-corrected chi connectivity index (χ1v) is 6.79. The van der Waals surface area contributed by atoms with E-state index in [-0.39, 0.29) is 5.97 Å². The van der Waals surface area contributed by atoms with Gasteiger partial charge in [0.05, 0.1) is 0 Å². The van der Waals surface area contributed by atoms with E-state index in [0.717, 1.165) is 31.6 Å². The van der Waals surface area contributed by atoms with Gasteiger partial charge in [0.15, 0.2) is 0 Å². The summed E-state index contributed by atoms with van der Waals surface area (Å²) in [6, 6.07) is 9.11. The molecular weight excluding hydrogens is 242 g/mol. The smallest absolute Gasteiger partial charge is 0.323 e. The molecule has 4 nitrogen and oxygen atoms in total. The first-order valence-electron chi connectivity index (χ1n) is 6.79. The Morgan fingerprint density at radius 1 is 1.32 bits per heavy atom. The maximum absolute atomic E-state index is 11.8. The Morgan fingerprint density at radius 3 is 2.68 bits per heavy atom. The summed E-state index contributed by atoms with van der Waals surface area (Å²) in [6.45, 7) is 1.84. The summed E-state index contributed by atoms with van der Waals surface area (Å²) in [5.41, 5.74) is 6.88. The molecule has 0 unspecified atom stereocenters. The second-order valence-electron chi connectivity index (χ2n) is 4.99. The molecular formula is C15H21NO3. The third kappa shape index (κ3) is 4.65. The Bertz CT molecular complexity index is 388. The van der Waals surface area contributed by atoms with Crippen molar-refractivity contribution in [2.75, 3.05) is 13.2 Å². The summed E-state index contributed by atoms with van der Waals surface area (Å²) < 4.78 is 10.5. The summed E-state index contributed by atoms with van der Waals surface area (Å²) >= 11 is 0. The van der Waals surface area contributed by atoms with Crippen molar-refractivity contribution in [1.82, 2.24) is 0 Å². The molecule has 0 spiro atoms. The van der Waals surface area contributed by atoms with Gasteiger partial charge >= 0.3 is 5.97 Å². The van der Waals surface area contributed by atoms with Crippen molar-refractivity contribution in [2.24, 2.45) is 11.7 Å². The van der Waals surface area contributed by atoms with E-state index in [0.29, 0.717) is 18.9 Å². The Hall–Kier alpha value is -1.39. The highest BCUT2D eigenvalue weighted by Crippen LogP contribution is 2.20. The minimum atomic E-state index is -0.521. The Labute approximate surface area is 113 Å². The summed E-state index contributed by atoms with van der Waals surface area (Å²) in [6.07, 6.45) is 2.66. The molecule has 2 N–H and O–H groups in total. The van der Waals surface area contributed by atoms with Crippen LogP contribution in [0, 0.1) is 5.92 Å². The van der Waals surface area contributed by atoms with Gasteiger partial charge in [0.2, 0.25) is 0 Å². The van der Waals surface area contributed by atoms with Crippen molar-refractivity contribution in [1.29, 1.82) is 0 Å². The van der Waals surface area contributed by atoms with Gasteiger partial charge in [-0.05, 0) is 30.7 Å². The fraction of sp³-hybridized carbons (Fsp3) is 0.533. The molecule has 2 rings (SSSR count). The maximum atomic E-state index is 11.8. The lowest BCUT2D eigenvalue weighted by Gasteiger charge is -2.24. The zero-order valence-electron chi connectivity index (χ0n) is 11.1. The largest absolute Gasteiger partial charge is 0.460 e. The predicted molar refractivity (Wildman–Crippen MR) is 72.4 cm³/mol. The van der Waals surface area contributed by atoms with Crippen LogP contribution in [0.4, 0.5) is 0 Å². The quantitative estimate of drug-likeness (QED) is 0.824. The second-order valence-corrected chi connectivity index (χ2v) is 4.99. The highest BCUT2D eigenvalue weighted by Gasteiger charge is 2.22. The minimum absolute atomic E-state index is 0.293. The van der Waals surface area contributed by atoms with Crippen molar-refractivity contribution in [2.45, 2.75) is 31.9 Å². The number of hydrogen-bond donors (Lipinski definition) is 1. The van der Waals surface area contributed by atoms with E-state index in [1.54, 1.807) is 0 Å². The number of benzene rings is 1. The van der Waals surface area contributed by atoms with Crippen LogP contribution in [0.2, 0.25) is 0 Å². The standard InChI is InChI=1S/C15H21NO3/c16-14(10-12-6-8-18-9-7-12)15(17)19-11-13-4-2-1-3-5-13/h1-5,12,14H,6-11,16H2/t14-/m0/s1. The molecule has 19 heavy (non-hydrogen) atoms. The van der Waals surface area contributed by atoms with Crippen molar-refractivity contribution >= 4 is 5.97 Å². The van der Waals surface area contributed by atoms with Crippen LogP contribution in [-0.4, -0.2) is 25.2 Å². The van der Waals surface area contributed by atoms with Crippen LogP contribution in [-0.2, 0) is 20.9 Å². The van der Waals surface area contributed by atoms with Gasteiger partial charge in [0.1, 0.15) is 12.6 Å². The molecule has 0 saturated carbocycles. The van der Waals surface area contributed by atoms with E-state index in [9.17, 15) is 4.79 Å². The second kappa shape index (κ2) is 7.26. The van der Waals surface area contributed by atoms with Gasteiger partial charge in [-0.15, -0.1) is 0 Å². The van der Waals surface area contributed by atoms with E-state index < -0.39 is 6.04 Å². The molecule has 0 radical (unpaired) electrons. The third-order valence-electron chi connectivity index (χ3n) is 3.45. The van der Waals surface area contributed by atoms with E-state index in [1.165, 1.54) is 0 Å². The van der Waals surface area contributed by atoms with Crippen LogP contribution in [0.3, 0.4) is 0 Å². The number of rotatable bonds is 5. The minimum Gasteiger partial charge on any atom is -0.460 e. The number of carbonyl (C=O) groups is 1. The summed E-state index contributed by atoms with van der Waals surface area (Å²) in [4.78, 5) is 11.8. The molecule has 0 aliphatic carbocycles. The molecule has 0 bridgehead atoms. The van der Waals surface area contributed by atoms with Gasteiger partial charge in [-0.1, -0.05) is 30.3 Å². The van der Waals surface area contributed by atoms with Crippen molar-refractivity contribution < 1.29 is 14.3 Å². The monoisotopic (exact) mass is 263 g/mol. The van der Waals surface area contributed by atoms with Crippen LogP contribution in [0.15, 0.2) is 30.3 Å². The number of nitrogens with two attached hydrogens (primary N) is 1. The van der Waals surface area contributed by atoms with Crippen LogP contribution in [0.1, 0.15) is 24.8 Å². The number of carbonyl (C=O) groups excluding carboxylic acids is 1. The van der Waals surface area contributed by atoms with Gasteiger partial charge in [0, 0.05) is 13.2 Å². The highest BCUT2D eigenvalue weighted by molar-refractivity contribution is 5.75. The molecule has 104 valence electrons. The summed E-state index contributed by atoms with van der Waals surface area (Å²) in [5.74, 6) is 0.170. The average Bonchev–Trinajstić information content (AvgIpc) is 2.47. The first kappa shape index (κ1) is 14.0. The van der Waals surface area contributed by atoms with Gasteiger partial charge in [-0.25, -0.2) is 0 Å². The first-order chi connectivity index (χ1) is 9.25.